The first-order chi connectivity index (χ1) is 9.21. The van der Waals surface area contributed by atoms with Gasteiger partial charge in [0, 0.05) is 13.1 Å². The number of hydrogen-bond donors (Lipinski definition) is 0. The third-order valence-electron chi connectivity index (χ3n) is 2.94. The lowest BCUT2D eigenvalue weighted by atomic mass is 10.3. The molecule has 4 nitrogen and oxygen atoms in total. The summed E-state index contributed by atoms with van der Waals surface area (Å²) in [6.45, 7) is 5.72. The van der Waals surface area contributed by atoms with Crippen LogP contribution in [0.2, 0.25) is 0 Å². The summed E-state index contributed by atoms with van der Waals surface area (Å²) in [4.78, 5) is 13.8. The second-order valence-electron chi connectivity index (χ2n) is 4.29. The molecule has 0 atom stereocenters. The van der Waals surface area contributed by atoms with Crippen LogP contribution in [0.4, 0.5) is 0 Å². The average Bonchev–Trinajstić information content (AvgIpc) is 2.46. The van der Waals surface area contributed by atoms with E-state index < -0.39 is 0 Å². The van der Waals surface area contributed by atoms with Gasteiger partial charge in [-0.1, -0.05) is 13.3 Å². The summed E-state index contributed by atoms with van der Waals surface area (Å²) in [6.07, 6.45) is 2.12. The third-order valence-corrected chi connectivity index (χ3v) is 2.94. The number of rotatable bonds is 8. The maximum atomic E-state index is 12.0. The first-order valence-corrected chi connectivity index (χ1v) is 6.75. The van der Waals surface area contributed by atoms with Crippen LogP contribution in [-0.4, -0.2) is 37.6 Å². The van der Waals surface area contributed by atoms with E-state index in [1.807, 2.05) is 24.0 Å². The lowest BCUT2D eigenvalue weighted by molar-refractivity contribution is -0.133. The molecule has 0 unspecified atom stereocenters. The molecule has 0 aromatic heterocycles. The van der Waals surface area contributed by atoms with Gasteiger partial charge in [-0.2, -0.15) is 0 Å². The highest BCUT2D eigenvalue weighted by molar-refractivity contribution is 5.77. The maximum absolute atomic E-state index is 12.0. The van der Waals surface area contributed by atoms with Crippen molar-refractivity contribution < 1.29 is 14.3 Å². The number of methoxy groups -OCH3 is 1. The van der Waals surface area contributed by atoms with Crippen LogP contribution in [0.25, 0.3) is 0 Å². The van der Waals surface area contributed by atoms with Crippen LogP contribution in [0, 0.1) is 0 Å². The van der Waals surface area contributed by atoms with Crippen molar-refractivity contribution in [2.45, 2.75) is 26.7 Å². The number of ether oxygens (including phenoxy) is 2. The molecule has 0 aliphatic rings. The lowest BCUT2D eigenvalue weighted by Crippen LogP contribution is -2.35. The molecule has 1 rings (SSSR count). The third kappa shape index (κ3) is 5.20. The van der Waals surface area contributed by atoms with Crippen molar-refractivity contribution in [2.24, 2.45) is 0 Å². The van der Waals surface area contributed by atoms with E-state index in [9.17, 15) is 4.79 Å². The van der Waals surface area contributed by atoms with Gasteiger partial charge in [-0.05, 0) is 37.6 Å². The van der Waals surface area contributed by atoms with E-state index in [0.29, 0.717) is 5.75 Å². The largest absolute Gasteiger partial charge is 0.497 e. The second-order valence-corrected chi connectivity index (χ2v) is 4.29. The predicted molar refractivity (Wildman–Crippen MR) is 75.7 cm³/mol. The van der Waals surface area contributed by atoms with Gasteiger partial charge in [0.25, 0.3) is 5.91 Å². The number of hydrogen-bond acceptors (Lipinski definition) is 3. The lowest BCUT2D eigenvalue weighted by Gasteiger charge is -2.20. The SMILES string of the molecule is CCCCN(CC)C(=O)COc1ccc(OC)cc1. The van der Waals surface area contributed by atoms with Gasteiger partial charge in [0.1, 0.15) is 11.5 Å². The summed E-state index contributed by atoms with van der Waals surface area (Å²) in [5, 5.41) is 0. The van der Waals surface area contributed by atoms with Gasteiger partial charge in [0.05, 0.1) is 7.11 Å². The normalized spacial score (nSPS) is 10.1. The number of carbonyl (C=O) groups is 1. The first kappa shape index (κ1) is 15.3. The van der Waals surface area contributed by atoms with Crippen LogP contribution >= 0.6 is 0 Å². The van der Waals surface area contributed by atoms with E-state index in [-0.39, 0.29) is 12.5 Å². The van der Waals surface area contributed by atoms with Gasteiger partial charge in [0.2, 0.25) is 0 Å². The minimum Gasteiger partial charge on any atom is -0.497 e. The van der Waals surface area contributed by atoms with E-state index in [0.717, 1.165) is 31.7 Å². The number of nitrogens with zero attached hydrogens (tertiary/aromatic N) is 1. The zero-order chi connectivity index (χ0) is 14.1. The molecule has 4 heteroatoms. The van der Waals surface area contributed by atoms with Crippen LogP contribution < -0.4 is 9.47 Å². The van der Waals surface area contributed by atoms with Crippen molar-refractivity contribution >= 4 is 5.91 Å². The van der Waals surface area contributed by atoms with Crippen molar-refractivity contribution in [1.82, 2.24) is 4.90 Å². The molecule has 1 aromatic carbocycles. The molecule has 0 bridgehead atoms. The number of benzene rings is 1. The van der Waals surface area contributed by atoms with Crippen LogP contribution in [0.3, 0.4) is 0 Å². The van der Waals surface area contributed by atoms with Gasteiger partial charge >= 0.3 is 0 Å². The van der Waals surface area contributed by atoms with Gasteiger partial charge in [0.15, 0.2) is 6.61 Å². The van der Waals surface area contributed by atoms with Gasteiger partial charge < -0.3 is 14.4 Å². The number of carbonyl (C=O) groups excluding carboxylic acids is 1. The molecule has 0 heterocycles. The molecule has 1 aromatic rings. The Kier molecular flexibility index (Phi) is 6.79. The highest BCUT2D eigenvalue weighted by Gasteiger charge is 2.11. The highest BCUT2D eigenvalue weighted by Crippen LogP contribution is 2.16. The summed E-state index contributed by atoms with van der Waals surface area (Å²) in [5.41, 5.74) is 0. The molecular formula is C15H23NO3. The second kappa shape index (κ2) is 8.40. The Hall–Kier alpha value is -1.71. The van der Waals surface area contributed by atoms with E-state index in [1.54, 1.807) is 19.2 Å². The molecule has 0 spiro atoms. The molecule has 0 aliphatic heterocycles. The number of unbranched alkanes of at least 4 members (excludes halogenated alkanes) is 1. The van der Waals surface area contributed by atoms with Gasteiger partial charge in [-0.15, -0.1) is 0 Å². The zero-order valence-electron chi connectivity index (χ0n) is 12.0. The van der Waals surface area contributed by atoms with Crippen molar-refractivity contribution in [2.75, 3.05) is 26.8 Å². The molecule has 0 radical (unpaired) electrons. The quantitative estimate of drug-likeness (QED) is 0.725. The summed E-state index contributed by atoms with van der Waals surface area (Å²) < 4.78 is 10.5. The summed E-state index contributed by atoms with van der Waals surface area (Å²) >= 11 is 0. The molecule has 0 fully saturated rings. The highest BCUT2D eigenvalue weighted by atomic mass is 16.5. The Morgan fingerprint density at radius 3 is 2.32 bits per heavy atom. The van der Waals surface area contributed by atoms with E-state index in [1.165, 1.54) is 0 Å². The average molecular weight is 265 g/mol. The molecule has 19 heavy (non-hydrogen) atoms. The first-order valence-electron chi connectivity index (χ1n) is 6.75. The van der Waals surface area contributed by atoms with Gasteiger partial charge in [-0.3, -0.25) is 4.79 Å². The molecule has 0 saturated heterocycles. The Balaban J connectivity index is 2.43. The van der Waals surface area contributed by atoms with E-state index in [2.05, 4.69) is 6.92 Å². The van der Waals surface area contributed by atoms with E-state index >= 15 is 0 Å². The summed E-state index contributed by atoms with van der Waals surface area (Å²) in [5.74, 6) is 1.49. The van der Waals surface area contributed by atoms with Crippen molar-refractivity contribution in [3.05, 3.63) is 24.3 Å². The maximum Gasteiger partial charge on any atom is 0.260 e. The van der Waals surface area contributed by atoms with Gasteiger partial charge in [-0.25, -0.2) is 0 Å². The van der Waals surface area contributed by atoms with E-state index in [4.69, 9.17) is 9.47 Å². The fourth-order valence-corrected chi connectivity index (χ4v) is 1.72. The molecule has 0 N–H and O–H groups in total. The predicted octanol–water partition coefficient (Wildman–Crippen LogP) is 2.72. The standard InChI is InChI=1S/C15H23NO3/c1-4-6-11-16(5-2)15(17)12-19-14-9-7-13(18-3)8-10-14/h7-10H,4-6,11-12H2,1-3H3. The number of likely N-dealkylation sites (N-methyl/N-ethyl adjacent to an activating group) is 1. The monoisotopic (exact) mass is 265 g/mol. The summed E-state index contributed by atoms with van der Waals surface area (Å²) in [6, 6.07) is 7.23. The minimum absolute atomic E-state index is 0.0340. The Morgan fingerprint density at radius 2 is 1.79 bits per heavy atom. The molecule has 106 valence electrons. The van der Waals surface area contributed by atoms with Crippen LogP contribution in [0.15, 0.2) is 24.3 Å². The van der Waals surface area contributed by atoms with Crippen LogP contribution in [-0.2, 0) is 4.79 Å². The molecule has 1 amide bonds. The molecule has 0 aliphatic carbocycles. The molecule has 0 saturated carbocycles. The van der Waals surface area contributed by atoms with Crippen LogP contribution in [0.1, 0.15) is 26.7 Å². The fraction of sp³-hybridized carbons (Fsp3) is 0.533. The number of amides is 1. The Labute approximate surface area is 115 Å². The Morgan fingerprint density at radius 1 is 1.16 bits per heavy atom. The molecular weight excluding hydrogens is 242 g/mol. The topological polar surface area (TPSA) is 38.8 Å². The van der Waals surface area contributed by atoms with Crippen molar-refractivity contribution in [3.63, 3.8) is 0 Å². The smallest absolute Gasteiger partial charge is 0.260 e. The fourth-order valence-electron chi connectivity index (χ4n) is 1.72. The van der Waals surface area contributed by atoms with Crippen molar-refractivity contribution in [1.29, 1.82) is 0 Å². The summed E-state index contributed by atoms with van der Waals surface area (Å²) in [7, 11) is 1.62. The van der Waals surface area contributed by atoms with Crippen LogP contribution in [0.5, 0.6) is 11.5 Å². The minimum atomic E-state index is 0.0340. The zero-order valence-corrected chi connectivity index (χ0v) is 12.0. The Bertz CT molecular complexity index is 375. The van der Waals surface area contributed by atoms with Crippen molar-refractivity contribution in [3.8, 4) is 11.5 Å².